The van der Waals surface area contributed by atoms with E-state index in [1.807, 2.05) is 47.8 Å². The molecule has 0 bridgehead atoms. The number of rotatable bonds is 5. The van der Waals surface area contributed by atoms with Crippen LogP contribution in [0.3, 0.4) is 0 Å². The predicted octanol–water partition coefficient (Wildman–Crippen LogP) is 3.56. The number of imidazole rings is 1. The predicted molar refractivity (Wildman–Crippen MR) is 104 cm³/mol. The molecule has 0 atom stereocenters. The van der Waals surface area contributed by atoms with Gasteiger partial charge in [0.2, 0.25) is 6.41 Å². The summed E-state index contributed by atoms with van der Waals surface area (Å²) in [5.41, 5.74) is 4.50. The molecule has 0 spiro atoms. The zero-order valence-electron chi connectivity index (χ0n) is 13.7. The lowest BCUT2D eigenvalue weighted by atomic mass is 10.0. The van der Waals surface area contributed by atoms with Crippen LogP contribution < -0.4 is 10.7 Å². The van der Waals surface area contributed by atoms with Crippen LogP contribution in [-0.4, -0.2) is 16.4 Å². The minimum absolute atomic E-state index is 0.0219. The van der Waals surface area contributed by atoms with E-state index >= 15 is 0 Å². The van der Waals surface area contributed by atoms with Gasteiger partial charge in [0.15, 0.2) is 5.43 Å². The van der Waals surface area contributed by atoms with Gasteiger partial charge in [0.05, 0.1) is 18.2 Å². The molecule has 4 aromatic rings. The molecule has 0 saturated heterocycles. The highest BCUT2D eigenvalue weighted by Crippen LogP contribution is 2.27. The van der Waals surface area contributed by atoms with Crippen LogP contribution in [0.1, 0.15) is 5.56 Å². The number of aromatic nitrogens is 2. The Bertz CT molecular complexity index is 1120. The molecule has 0 fully saturated rings. The van der Waals surface area contributed by atoms with Crippen molar-refractivity contribution in [1.29, 1.82) is 0 Å². The van der Waals surface area contributed by atoms with Crippen LogP contribution in [0.5, 0.6) is 0 Å². The van der Waals surface area contributed by atoms with Gasteiger partial charge in [-0.25, -0.2) is 4.98 Å². The topological polar surface area (TPSA) is 74.8 Å². The van der Waals surface area contributed by atoms with Crippen LogP contribution in [0.15, 0.2) is 65.2 Å². The fourth-order valence-corrected chi connectivity index (χ4v) is 3.84. The summed E-state index contributed by atoms with van der Waals surface area (Å²) in [7, 11) is 0. The summed E-state index contributed by atoms with van der Waals surface area (Å²) in [6.45, 7) is 0.477. The summed E-state index contributed by atoms with van der Waals surface area (Å²) in [6, 6.07) is 13.5. The summed E-state index contributed by atoms with van der Waals surface area (Å²) in [5, 5.41) is 5.24. The molecule has 0 aliphatic heterocycles. The van der Waals surface area contributed by atoms with Crippen molar-refractivity contribution < 1.29 is 4.79 Å². The maximum Gasteiger partial charge on any atom is 0.207 e. The number of carbonyl (C=O) groups excluding carboxylic acids is 1. The number of fused-ring (bicyclic) bond motifs is 1. The minimum Gasteiger partial charge on any atom is -0.355 e. The number of nitrogens with zero attached hydrogens (tertiary/aromatic N) is 1. The Morgan fingerprint density at radius 1 is 1.12 bits per heavy atom. The molecule has 6 heteroatoms. The average molecular weight is 361 g/mol. The third-order valence-electron chi connectivity index (χ3n) is 4.24. The lowest BCUT2D eigenvalue weighted by Gasteiger charge is -2.06. The molecule has 2 aromatic carbocycles. The highest BCUT2D eigenvalue weighted by atomic mass is 32.1. The molecule has 0 aliphatic carbocycles. The van der Waals surface area contributed by atoms with Crippen molar-refractivity contribution in [2.75, 3.05) is 0 Å². The third-order valence-corrected chi connectivity index (χ3v) is 5.18. The zero-order valence-corrected chi connectivity index (χ0v) is 14.5. The van der Waals surface area contributed by atoms with Crippen LogP contribution in [0.25, 0.3) is 32.5 Å². The number of carbonyl (C=O) groups is 1. The van der Waals surface area contributed by atoms with Crippen LogP contribution >= 0.6 is 11.3 Å². The van der Waals surface area contributed by atoms with E-state index in [1.165, 1.54) is 0 Å². The average Bonchev–Trinajstić information content (AvgIpc) is 3.22. The van der Waals surface area contributed by atoms with Crippen molar-refractivity contribution >= 4 is 27.8 Å². The largest absolute Gasteiger partial charge is 0.355 e. The third kappa shape index (κ3) is 3.02. The Morgan fingerprint density at radius 2 is 1.92 bits per heavy atom. The number of amides is 1. The maximum atomic E-state index is 12.9. The molecule has 4 rings (SSSR count). The van der Waals surface area contributed by atoms with E-state index in [0.29, 0.717) is 23.9 Å². The van der Waals surface area contributed by atoms with Crippen molar-refractivity contribution in [3.63, 3.8) is 0 Å². The molecular formula is C20H15N3O2S. The first-order valence-electron chi connectivity index (χ1n) is 8.07. The Hall–Kier alpha value is -3.25. The van der Waals surface area contributed by atoms with Gasteiger partial charge in [-0.15, -0.1) is 11.3 Å². The number of hydrogen-bond donors (Lipinski definition) is 2. The van der Waals surface area contributed by atoms with E-state index in [4.69, 9.17) is 0 Å². The molecule has 1 amide bonds. The van der Waals surface area contributed by atoms with Gasteiger partial charge in [0, 0.05) is 33.1 Å². The monoisotopic (exact) mass is 361 g/mol. The van der Waals surface area contributed by atoms with Crippen LogP contribution in [0.4, 0.5) is 0 Å². The minimum atomic E-state index is 0.0219. The Kier molecular flexibility index (Phi) is 4.33. The van der Waals surface area contributed by atoms with Crippen LogP contribution in [-0.2, 0) is 11.3 Å². The molecule has 2 N–H and O–H groups in total. The smallest absolute Gasteiger partial charge is 0.207 e. The molecule has 0 saturated carbocycles. The molecule has 128 valence electrons. The van der Waals surface area contributed by atoms with Gasteiger partial charge < -0.3 is 10.3 Å². The van der Waals surface area contributed by atoms with E-state index < -0.39 is 0 Å². The molecule has 5 nitrogen and oxygen atoms in total. The number of H-pyrrole nitrogens is 1. The summed E-state index contributed by atoms with van der Waals surface area (Å²) in [6.07, 6.45) is 4.07. The van der Waals surface area contributed by atoms with Gasteiger partial charge in [-0.05, 0) is 23.3 Å². The van der Waals surface area contributed by atoms with Gasteiger partial charge >= 0.3 is 0 Å². The summed E-state index contributed by atoms with van der Waals surface area (Å²) in [5.74, 6) is 0. The SMILES string of the molecule is O=CNCc1ccc(-c2csc3cc(-c4cnc[nH]4)ccc3c2=O)cc1. The summed E-state index contributed by atoms with van der Waals surface area (Å²) >= 11 is 1.55. The first-order valence-corrected chi connectivity index (χ1v) is 8.95. The second kappa shape index (κ2) is 6.93. The fraction of sp³-hybridized carbons (Fsp3) is 0.0500. The number of benzene rings is 2. The zero-order chi connectivity index (χ0) is 17.9. The van der Waals surface area contributed by atoms with E-state index in [1.54, 1.807) is 23.9 Å². The Balaban J connectivity index is 1.72. The van der Waals surface area contributed by atoms with Crippen molar-refractivity contribution in [2.45, 2.75) is 6.54 Å². The van der Waals surface area contributed by atoms with Crippen molar-refractivity contribution in [3.05, 3.63) is 76.2 Å². The number of aromatic amines is 1. The summed E-state index contributed by atoms with van der Waals surface area (Å²) in [4.78, 5) is 30.4. The van der Waals surface area contributed by atoms with Crippen molar-refractivity contribution in [1.82, 2.24) is 15.3 Å². The molecule has 26 heavy (non-hydrogen) atoms. The quantitative estimate of drug-likeness (QED) is 0.534. The molecule has 0 radical (unpaired) electrons. The van der Waals surface area contributed by atoms with Gasteiger partial charge in [0.1, 0.15) is 0 Å². The van der Waals surface area contributed by atoms with Crippen molar-refractivity contribution in [3.8, 4) is 22.4 Å². The van der Waals surface area contributed by atoms with E-state index in [9.17, 15) is 9.59 Å². The van der Waals surface area contributed by atoms with Crippen molar-refractivity contribution in [2.24, 2.45) is 0 Å². The fourth-order valence-electron chi connectivity index (χ4n) is 2.87. The Labute approximate surface area is 153 Å². The van der Waals surface area contributed by atoms with Gasteiger partial charge in [-0.3, -0.25) is 9.59 Å². The second-order valence-corrected chi connectivity index (χ2v) is 6.76. The maximum absolute atomic E-state index is 12.9. The van der Waals surface area contributed by atoms with Gasteiger partial charge in [-0.1, -0.05) is 30.3 Å². The molecule has 0 aliphatic rings. The standard InChI is InChI=1S/C20H15N3O2S/c24-12-22-8-13-1-3-14(4-2-13)17-10-26-19-7-15(18-9-21-11-23-18)5-6-16(19)20(17)25/h1-7,9-12H,8H2,(H,21,23)(H,22,24). The van der Waals surface area contributed by atoms with Gasteiger partial charge in [0.25, 0.3) is 0 Å². The highest BCUT2D eigenvalue weighted by Gasteiger charge is 2.09. The molecule has 2 heterocycles. The van der Waals surface area contributed by atoms with Gasteiger partial charge in [-0.2, -0.15) is 0 Å². The summed E-state index contributed by atoms with van der Waals surface area (Å²) < 4.78 is 0.942. The van der Waals surface area contributed by atoms with Crippen LogP contribution in [0, 0.1) is 0 Å². The second-order valence-electron chi connectivity index (χ2n) is 5.85. The molecular weight excluding hydrogens is 346 g/mol. The highest BCUT2D eigenvalue weighted by molar-refractivity contribution is 7.16. The molecule has 2 aromatic heterocycles. The molecule has 0 unspecified atom stereocenters. The number of nitrogens with one attached hydrogen (secondary N) is 2. The lowest BCUT2D eigenvalue weighted by Crippen LogP contribution is -2.09. The Morgan fingerprint density at radius 3 is 2.65 bits per heavy atom. The van der Waals surface area contributed by atoms with Crippen LogP contribution in [0.2, 0.25) is 0 Å². The van der Waals surface area contributed by atoms with E-state index in [0.717, 1.165) is 27.1 Å². The number of hydrogen-bond acceptors (Lipinski definition) is 4. The van der Waals surface area contributed by atoms with E-state index in [-0.39, 0.29) is 5.43 Å². The first kappa shape index (κ1) is 16.2. The normalized spacial score (nSPS) is 10.8. The first-order chi connectivity index (χ1) is 12.8. The van der Waals surface area contributed by atoms with E-state index in [2.05, 4.69) is 15.3 Å². The lowest BCUT2D eigenvalue weighted by molar-refractivity contribution is -0.109.